The Kier molecular flexibility index (Phi) is 4.29. The van der Waals surface area contributed by atoms with Crippen LogP contribution in [0.15, 0.2) is 0 Å². The Bertz CT molecular complexity index is 248. The van der Waals surface area contributed by atoms with Crippen LogP contribution in [-0.4, -0.2) is 47.0 Å². The van der Waals surface area contributed by atoms with Gasteiger partial charge in [-0.05, 0) is 32.7 Å². The molecule has 0 aromatic carbocycles. The Morgan fingerprint density at radius 2 is 2.31 bits per heavy atom. The lowest BCUT2D eigenvalue weighted by Gasteiger charge is -2.29. The van der Waals surface area contributed by atoms with Gasteiger partial charge in [-0.3, -0.25) is 4.79 Å². The van der Waals surface area contributed by atoms with E-state index in [1.165, 1.54) is 6.92 Å². The number of rotatable bonds is 5. The second-order valence-electron chi connectivity index (χ2n) is 4.80. The topological polar surface area (TPSA) is 81.6 Å². The number of hydrogen-bond acceptors (Lipinski definition) is 4. The van der Waals surface area contributed by atoms with Gasteiger partial charge in [-0.15, -0.1) is 0 Å². The van der Waals surface area contributed by atoms with Crippen LogP contribution in [0.1, 0.15) is 33.1 Å². The van der Waals surface area contributed by atoms with Gasteiger partial charge in [0.25, 0.3) is 0 Å². The monoisotopic (exact) mass is 230 g/mol. The van der Waals surface area contributed by atoms with Crippen LogP contribution in [0, 0.1) is 0 Å². The summed E-state index contributed by atoms with van der Waals surface area (Å²) >= 11 is 0. The van der Waals surface area contributed by atoms with Gasteiger partial charge in [-0.1, -0.05) is 6.92 Å². The van der Waals surface area contributed by atoms with Crippen molar-refractivity contribution < 1.29 is 15.0 Å². The lowest BCUT2D eigenvalue weighted by molar-refractivity contribution is -0.128. The predicted molar refractivity (Wildman–Crippen MR) is 61.0 cm³/mol. The second kappa shape index (κ2) is 5.12. The van der Waals surface area contributed by atoms with E-state index in [4.69, 9.17) is 5.11 Å². The van der Waals surface area contributed by atoms with E-state index < -0.39 is 11.1 Å². The number of nitrogens with one attached hydrogen (secondary N) is 2. The van der Waals surface area contributed by atoms with E-state index in [9.17, 15) is 9.90 Å². The highest BCUT2D eigenvalue weighted by molar-refractivity contribution is 5.86. The molecule has 1 heterocycles. The molecule has 16 heavy (non-hydrogen) atoms. The molecule has 1 aliphatic rings. The van der Waals surface area contributed by atoms with Crippen LogP contribution >= 0.6 is 0 Å². The summed E-state index contributed by atoms with van der Waals surface area (Å²) in [7, 11) is 0. The highest BCUT2D eigenvalue weighted by Crippen LogP contribution is 2.23. The first kappa shape index (κ1) is 13.4. The fourth-order valence-electron chi connectivity index (χ4n) is 1.96. The van der Waals surface area contributed by atoms with E-state index >= 15 is 0 Å². The fraction of sp³-hybridized carbons (Fsp3) is 0.909. The second-order valence-corrected chi connectivity index (χ2v) is 4.80. The summed E-state index contributed by atoms with van der Waals surface area (Å²) in [5.41, 5.74) is -1.73. The molecule has 1 saturated heterocycles. The summed E-state index contributed by atoms with van der Waals surface area (Å²) < 4.78 is 0. The van der Waals surface area contributed by atoms with Gasteiger partial charge in [-0.25, -0.2) is 0 Å². The first-order valence-corrected chi connectivity index (χ1v) is 5.82. The van der Waals surface area contributed by atoms with E-state index in [0.717, 1.165) is 25.8 Å². The zero-order valence-corrected chi connectivity index (χ0v) is 10.0. The van der Waals surface area contributed by atoms with Crippen LogP contribution in [0.2, 0.25) is 0 Å². The van der Waals surface area contributed by atoms with Crippen molar-refractivity contribution in [3.63, 3.8) is 0 Å². The van der Waals surface area contributed by atoms with Crippen molar-refractivity contribution in [2.75, 3.05) is 19.7 Å². The molecule has 0 saturated carbocycles. The van der Waals surface area contributed by atoms with Gasteiger partial charge in [0.2, 0.25) is 5.91 Å². The van der Waals surface area contributed by atoms with Gasteiger partial charge in [0, 0.05) is 6.54 Å². The number of carbonyl (C=O) groups excluding carboxylic acids is 1. The minimum Gasteiger partial charge on any atom is -0.393 e. The van der Waals surface area contributed by atoms with Crippen LogP contribution in [0.5, 0.6) is 0 Å². The van der Waals surface area contributed by atoms with Crippen LogP contribution in [-0.2, 0) is 4.79 Å². The Labute approximate surface area is 96.2 Å². The van der Waals surface area contributed by atoms with Gasteiger partial charge in [0.15, 0.2) is 0 Å². The van der Waals surface area contributed by atoms with Crippen molar-refractivity contribution >= 4 is 5.91 Å². The molecule has 1 fully saturated rings. The number of amides is 1. The summed E-state index contributed by atoms with van der Waals surface area (Å²) in [5, 5.41) is 24.4. The van der Waals surface area contributed by atoms with Crippen LogP contribution in [0.25, 0.3) is 0 Å². The van der Waals surface area contributed by atoms with Crippen molar-refractivity contribution in [3.05, 3.63) is 0 Å². The Morgan fingerprint density at radius 1 is 1.62 bits per heavy atom. The maximum absolute atomic E-state index is 12.0. The molecule has 1 aliphatic heterocycles. The van der Waals surface area contributed by atoms with Crippen LogP contribution in [0.3, 0.4) is 0 Å². The van der Waals surface area contributed by atoms with Gasteiger partial charge >= 0.3 is 0 Å². The summed E-state index contributed by atoms with van der Waals surface area (Å²) in [5.74, 6) is -0.0822. The molecule has 0 bridgehead atoms. The van der Waals surface area contributed by atoms with E-state index in [2.05, 4.69) is 10.6 Å². The first-order valence-electron chi connectivity index (χ1n) is 5.82. The zero-order valence-electron chi connectivity index (χ0n) is 10.0. The smallest absolute Gasteiger partial charge is 0.240 e. The van der Waals surface area contributed by atoms with E-state index in [-0.39, 0.29) is 19.1 Å². The van der Waals surface area contributed by atoms with Crippen LogP contribution in [0.4, 0.5) is 0 Å². The molecule has 0 aromatic rings. The standard InChI is InChI=1S/C11H22N2O3/c1-3-11(5-4-6-13-11)9(15)12-7-10(2,16)8-14/h13-14,16H,3-8H2,1-2H3,(H,12,15). The van der Waals surface area contributed by atoms with Crippen molar-refractivity contribution in [1.29, 1.82) is 0 Å². The number of aliphatic hydroxyl groups excluding tert-OH is 1. The summed E-state index contributed by atoms with van der Waals surface area (Å²) in [4.78, 5) is 12.0. The Hall–Kier alpha value is -0.650. The minimum atomic E-state index is -1.25. The third-order valence-electron chi connectivity index (χ3n) is 3.25. The Balaban J connectivity index is 2.51. The molecular formula is C11H22N2O3. The van der Waals surface area contributed by atoms with Gasteiger partial charge < -0.3 is 20.8 Å². The lowest BCUT2D eigenvalue weighted by atomic mass is 9.93. The van der Waals surface area contributed by atoms with Crippen molar-refractivity contribution in [3.8, 4) is 0 Å². The largest absolute Gasteiger partial charge is 0.393 e. The molecule has 1 amide bonds. The van der Waals surface area contributed by atoms with Crippen molar-refractivity contribution in [2.45, 2.75) is 44.2 Å². The molecule has 4 N–H and O–H groups in total. The molecule has 5 heteroatoms. The summed E-state index contributed by atoms with van der Waals surface area (Å²) in [6.07, 6.45) is 2.56. The average Bonchev–Trinajstić information content (AvgIpc) is 2.76. The normalized spacial score (nSPS) is 28.8. The molecular weight excluding hydrogens is 208 g/mol. The molecule has 94 valence electrons. The van der Waals surface area contributed by atoms with Crippen LogP contribution < -0.4 is 10.6 Å². The molecule has 2 atom stereocenters. The lowest BCUT2D eigenvalue weighted by Crippen LogP contribution is -2.56. The quantitative estimate of drug-likeness (QED) is 0.507. The predicted octanol–water partition coefficient (Wildman–Crippen LogP) is -0.622. The van der Waals surface area contributed by atoms with E-state index in [1.54, 1.807) is 0 Å². The zero-order chi connectivity index (χ0) is 12.2. The molecule has 1 rings (SSSR count). The molecule has 5 nitrogen and oxygen atoms in total. The SMILES string of the molecule is CCC1(C(=O)NCC(C)(O)CO)CCCN1. The highest BCUT2D eigenvalue weighted by Gasteiger charge is 2.39. The van der Waals surface area contributed by atoms with Gasteiger partial charge in [0.1, 0.15) is 5.60 Å². The third-order valence-corrected chi connectivity index (χ3v) is 3.25. The molecule has 0 aliphatic carbocycles. The van der Waals surface area contributed by atoms with E-state index in [0.29, 0.717) is 0 Å². The summed E-state index contributed by atoms with van der Waals surface area (Å²) in [6.45, 7) is 4.04. The summed E-state index contributed by atoms with van der Waals surface area (Å²) in [6, 6.07) is 0. The highest BCUT2D eigenvalue weighted by atomic mass is 16.3. The third kappa shape index (κ3) is 2.93. The Morgan fingerprint density at radius 3 is 2.75 bits per heavy atom. The minimum absolute atomic E-state index is 0.0752. The van der Waals surface area contributed by atoms with E-state index in [1.807, 2.05) is 6.92 Å². The fourth-order valence-corrected chi connectivity index (χ4v) is 1.96. The van der Waals surface area contributed by atoms with Gasteiger partial charge in [0.05, 0.1) is 12.1 Å². The molecule has 0 spiro atoms. The first-order chi connectivity index (χ1) is 7.46. The van der Waals surface area contributed by atoms with Crippen molar-refractivity contribution in [2.24, 2.45) is 0 Å². The molecule has 0 aromatic heterocycles. The number of hydrogen-bond donors (Lipinski definition) is 4. The molecule has 2 unspecified atom stereocenters. The van der Waals surface area contributed by atoms with Gasteiger partial charge in [-0.2, -0.15) is 0 Å². The number of aliphatic hydroxyl groups is 2. The maximum Gasteiger partial charge on any atom is 0.240 e. The van der Waals surface area contributed by atoms with Crippen molar-refractivity contribution in [1.82, 2.24) is 10.6 Å². The average molecular weight is 230 g/mol. The maximum atomic E-state index is 12.0. The molecule has 0 radical (unpaired) electrons. The number of carbonyl (C=O) groups is 1.